The molecule has 0 atom stereocenters. The van der Waals surface area contributed by atoms with Gasteiger partial charge in [-0.3, -0.25) is 4.98 Å². The number of imidazole rings is 1. The highest BCUT2D eigenvalue weighted by Gasteiger charge is 1.83. The van der Waals surface area contributed by atoms with Crippen LogP contribution in [0.1, 0.15) is 91.3 Å². The number of furan rings is 1. The van der Waals surface area contributed by atoms with Crippen LogP contribution in [-0.4, -0.2) is 14.5 Å². The summed E-state index contributed by atoms with van der Waals surface area (Å²) in [6, 6.07) is 23.9. The van der Waals surface area contributed by atoms with Gasteiger partial charge < -0.3 is 8.98 Å². The molecule has 0 fully saturated rings. The predicted octanol–water partition coefficient (Wildman–Crippen LogP) is 12.6. The van der Waals surface area contributed by atoms with Crippen molar-refractivity contribution in [1.29, 1.82) is 0 Å². The van der Waals surface area contributed by atoms with Crippen LogP contribution in [0.2, 0.25) is 0 Å². The molecule has 42 heavy (non-hydrogen) atoms. The zero-order chi connectivity index (χ0) is 33.4. The SMILES string of the molecule is CC.CC.CC.CC.CC.Cc1ccccc1.Cc1ccco1.Cc1cccs1.Cc1nccn1C.c1ccncc1. The minimum Gasteiger partial charge on any atom is -0.470 e. The summed E-state index contributed by atoms with van der Waals surface area (Å²) in [6.45, 7) is 28.1. The number of rotatable bonds is 0. The molecule has 0 amide bonds. The lowest BCUT2D eigenvalue weighted by Gasteiger charge is -1.87. The van der Waals surface area contributed by atoms with Crippen molar-refractivity contribution in [3.63, 3.8) is 0 Å². The Bertz CT molecular complexity index is 936. The summed E-state index contributed by atoms with van der Waals surface area (Å²) >= 11 is 1.78. The molecule has 5 rings (SSSR count). The van der Waals surface area contributed by atoms with E-state index >= 15 is 0 Å². The van der Waals surface area contributed by atoms with Gasteiger partial charge in [-0.15, -0.1) is 11.3 Å². The first-order valence-electron chi connectivity index (χ1n) is 15.3. The molecule has 4 aromatic heterocycles. The fourth-order valence-electron chi connectivity index (χ4n) is 2.01. The van der Waals surface area contributed by atoms with Crippen molar-refractivity contribution in [2.24, 2.45) is 7.05 Å². The summed E-state index contributed by atoms with van der Waals surface area (Å²) in [6.07, 6.45) is 8.88. The first-order chi connectivity index (χ1) is 20.5. The third kappa shape index (κ3) is 38.7. The summed E-state index contributed by atoms with van der Waals surface area (Å²) in [4.78, 5) is 9.15. The van der Waals surface area contributed by atoms with Gasteiger partial charge >= 0.3 is 0 Å². The number of aromatic nitrogens is 3. The highest BCUT2D eigenvalue weighted by Crippen LogP contribution is 2.03. The molecule has 0 bridgehead atoms. The van der Waals surface area contributed by atoms with Gasteiger partial charge in [-0.2, -0.15) is 0 Å². The van der Waals surface area contributed by atoms with Gasteiger partial charge in [-0.25, -0.2) is 4.98 Å². The van der Waals surface area contributed by atoms with Gasteiger partial charge in [-0.05, 0) is 63.4 Å². The Kier molecular flexibility index (Phi) is 51.3. The van der Waals surface area contributed by atoms with E-state index in [1.165, 1.54) is 10.4 Å². The van der Waals surface area contributed by atoms with Crippen LogP contribution in [0, 0.1) is 27.7 Å². The molecule has 4 heterocycles. The van der Waals surface area contributed by atoms with Crippen molar-refractivity contribution in [2.45, 2.75) is 96.9 Å². The van der Waals surface area contributed by atoms with E-state index in [9.17, 15) is 0 Å². The zero-order valence-electron chi connectivity index (χ0n) is 29.6. The second-order valence-corrected chi connectivity index (χ2v) is 7.86. The van der Waals surface area contributed by atoms with Gasteiger partial charge in [0.1, 0.15) is 11.6 Å². The monoisotopic (exact) mass is 597 g/mol. The predicted molar refractivity (Wildman–Crippen MR) is 193 cm³/mol. The third-order valence-corrected chi connectivity index (χ3v) is 4.70. The van der Waals surface area contributed by atoms with Crippen LogP contribution in [0.3, 0.4) is 0 Å². The van der Waals surface area contributed by atoms with Crippen LogP contribution >= 0.6 is 11.3 Å². The number of aryl methyl sites for hydroxylation is 5. The van der Waals surface area contributed by atoms with E-state index in [1.807, 2.05) is 149 Å². The highest BCUT2D eigenvalue weighted by molar-refractivity contribution is 7.09. The molecule has 0 aliphatic rings. The van der Waals surface area contributed by atoms with Gasteiger partial charge in [0.05, 0.1) is 6.26 Å². The van der Waals surface area contributed by atoms with Crippen LogP contribution in [-0.2, 0) is 7.05 Å². The summed E-state index contributed by atoms with van der Waals surface area (Å²) in [5.41, 5.74) is 1.32. The van der Waals surface area contributed by atoms with Crippen molar-refractivity contribution in [1.82, 2.24) is 14.5 Å². The molecule has 0 spiro atoms. The van der Waals surface area contributed by atoms with Gasteiger partial charge in [0.25, 0.3) is 0 Å². The Morgan fingerprint density at radius 2 is 1.12 bits per heavy atom. The molecular formula is C37H63N3OS. The van der Waals surface area contributed by atoms with E-state index in [1.54, 1.807) is 36.2 Å². The molecule has 5 heteroatoms. The third-order valence-electron chi connectivity index (χ3n) is 3.90. The van der Waals surface area contributed by atoms with Gasteiger partial charge in [-0.1, -0.05) is 117 Å². The number of pyridine rings is 1. The molecule has 0 aliphatic carbocycles. The van der Waals surface area contributed by atoms with Crippen LogP contribution in [0.4, 0.5) is 0 Å². The van der Waals surface area contributed by atoms with Crippen LogP contribution in [0.15, 0.2) is 114 Å². The van der Waals surface area contributed by atoms with Crippen LogP contribution in [0.25, 0.3) is 0 Å². The molecule has 0 saturated heterocycles. The van der Waals surface area contributed by atoms with E-state index < -0.39 is 0 Å². The molecule has 4 nitrogen and oxygen atoms in total. The lowest BCUT2D eigenvalue weighted by atomic mass is 10.2. The number of hydrogen-bond donors (Lipinski definition) is 0. The Balaban J connectivity index is -0.000000126. The van der Waals surface area contributed by atoms with Gasteiger partial charge in [0.15, 0.2) is 0 Å². The molecule has 5 aromatic rings. The molecule has 1 aromatic carbocycles. The zero-order valence-corrected chi connectivity index (χ0v) is 30.4. The Morgan fingerprint density at radius 3 is 1.26 bits per heavy atom. The molecule has 0 saturated carbocycles. The minimum atomic E-state index is 0.968. The maximum Gasteiger partial charge on any atom is 0.105 e. The number of benzene rings is 1. The minimum absolute atomic E-state index is 0.968. The standard InChI is InChI=1S/C7H8.C5H8N2.C5H5N.C5H6O.C5H6S.5C2H6/c1-7-5-3-2-4-6-7;1-5-6-3-4-7(5)2;1-2-4-6-5-3-1;2*1-5-3-2-4-6-5;5*1-2/h2-6H,1H3;3-4H,1-2H3;1-5H;2*2-4H,1H3;5*1-2H3. The van der Waals surface area contributed by atoms with E-state index in [2.05, 4.69) is 53.5 Å². The van der Waals surface area contributed by atoms with Crippen molar-refractivity contribution in [2.75, 3.05) is 0 Å². The summed E-state index contributed by atoms with van der Waals surface area (Å²) in [5.74, 6) is 2.02. The van der Waals surface area contributed by atoms with Crippen LogP contribution < -0.4 is 0 Å². The second kappa shape index (κ2) is 44.6. The van der Waals surface area contributed by atoms with Crippen molar-refractivity contribution >= 4 is 11.3 Å². The Hall–Kier alpha value is -3.44. The second-order valence-electron chi connectivity index (χ2n) is 6.71. The first-order valence-corrected chi connectivity index (χ1v) is 16.2. The molecule has 0 radical (unpaired) electrons. The Labute approximate surface area is 264 Å². The maximum atomic E-state index is 4.83. The lowest BCUT2D eigenvalue weighted by molar-refractivity contribution is 0.534. The van der Waals surface area contributed by atoms with Gasteiger partial charge in [0, 0.05) is 36.7 Å². The summed E-state index contributed by atoms with van der Waals surface area (Å²) in [7, 11) is 1.97. The fraction of sp³-hybridized carbons (Fsp3) is 0.405. The number of nitrogens with zero attached hydrogens (tertiary/aromatic N) is 3. The average molecular weight is 598 g/mol. The maximum absolute atomic E-state index is 4.83. The molecule has 0 aliphatic heterocycles. The quantitative estimate of drug-likeness (QED) is 0.178. The topological polar surface area (TPSA) is 43.9 Å². The average Bonchev–Trinajstić information content (AvgIpc) is 3.85. The van der Waals surface area contributed by atoms with Crippen LogP contribution in [0.5, 0.6) is 0 Å². The van der Waals surface area contributed by atoms with Crippen molar-refractivity contribution in [3.05, 3.63) is 131 Å². The largest absolute Gasteiger partial charge is 0.470 e. The van der Waals surface area contributed by atoms with Gasteiger partial charge in [0.2, 0.25) is 0 Å². The van der Waals surface area contributed by atoms with E-state index in [-0.39, 0.29) is 0 Å². The summed E-state index contributed by atoms with van der Waals surface area (Å²) in [5, 5.41) is 2.08. The van der Waals surface area contributed by atoms with Crippen molar-refractivity contribution < 1.29 is 4.42 Å². The van der Waals surface area contributed by atoms with Crippen molar-refractivity contribution in [3.8, 4) is 0 Å². The number of thiophene rings is 1. The van der Waals surface area contributed by atoms with E-state index in [4.69, 9.17) is 4.42 Å². The molecular weight excluding hydrogens is 534 g/mol. The van der Waals surface area contributed by atoms with E-state index in [0.29, 0.717) is 0 Å². The smallest absolute Gasteiger partial charge is 0.105 e. The Morgan fingerprint density at radius 1 is 0.595 bits per heavy atom. The summed E-state index contributed by atoms with van der Waals surface area (Å²) < 4.78 is 6.81. The fourth-order valence-corrected chi connectivity index (χ4v) is 2.54. The first kappa shape index (κ1) is 48.3. The number of hydrogen-bond acceptors (Lipinski definition) is 4. The molecule has 0 N–H and O–H groups in total. The van der Waals surface area contributed by atoms with E-state index in [0.717, 1.165) is 11.6 Å². The molecule has 0 unspecified atom stereocenters. The molecule has 238 valence electrons. The lowest BCUT2D eigenvalue weighted by Crippen LogP contribution is -1.86. The highest BCUT2D eigenvalue weighted by atomic mass is 32.1. The normalized spacial score (nSPS) is 7.40.